The standard InChI is InChI=1S/C25H26ClN3O3S/c26-24-23(12-7-15-27-24)33(31,32)29-16-13-21(14-17-29)25(30)28-18-22(19-8-3-1-4-9-19)20-10-5-2-6-11-20/h1-12,15,21-22H,13-14,16-18H2,(H,28,30). The molecule has 0 atom stereocenters. The third kappa shape index (κ3) is 5.43. The minimum atomic E-state index is -3.73. The van der Waals surface area contributed by atoms with E-state index in [1.54, 1.807) is 6.07 Å². The average molecular weight is 484 g/mol. The summed E-state index contributed by atoms with van der Waals surface area (Å²) in [6.45, 7) is 1.02. The maximum atomic E-state index is 12.9. The number of sulfonamides is 1. The van der Waals surface area contributed by atoms with Crippen LogP contribution >= 0.6 is 11.6 Å². The van der Waals surface area contributed by atoms with E-state index in [-0.39, 0.29) is 40.9 Å². The van der Waals surface area contributed by atoms with E-state index in [0.29, 0.717) is 19.4 Å². The molecule has 172 valence electrons. The summed E-state index contributed by atoms with van der Waals surface area (Å²) in [5, 5.41) is 3.07. The lowest BCUT2D eigenvalue weighted by atomic mass is 9.90. The van der Waals surface area contributed by atoms with Crippen molar-refractivity contribution in [1.29, 1.82) is 0 Å². The summed E-state index contributed by atoms with van der Waals surface area (Å²) in [6, 6.07) is 23.2. The second-order valence-electron chi connectivity index (χ2n) is 8.09. The van der Waals surface area contributed by atoms with Crippen LogP contribution in [0.25, 0.3) is 0 Å². The maximum Gasteiger partial charge on any atom is 0.246 e. The van der Waals surface area contributed by atoms with Gasteiger partial charge in [0.25, 0.3) is 0 Å². The smallest absolute Gasteiger partial charge is 0.246 e. The Hall–Kier alpha value is -2.74. The Bertz CT molecular complexity index is 1140. The van der Waals surface area contributed by atoms with Crippen LogP contribution in [0, 0.1) is 5.92 Å². The summed E-state index contributed by atoms with van der Waals surface area (Å²) in [4.78, 5) is 16.8. The minimum Gasteiger partial charge on any atom is -0.355 e. The van der Waals surface area contributed by atoms with Gasteiger partial charge in [-0.1, -0.05) is 72.3 Å². The first kappa shape index (κ1) is 23.4. The summed E-state index contributed by atoms with van der Waals surface area (Å²) < 4.78 is 27.2. The molecule has 1 aromatic heterocycles. The quantitative estimate of drug-likeness (QED) is 0.513. The Balaban J connectivity index is 1.38. The summed E-state index contributed by atoms with van der Waals surface area (Å²) in [7, 11) is -3.73. The van der Waals surface area contributed by atoms with Crippen molar-refractivity contribution in [2.75, 3.05) is 19.6 Å². The molecule has 0 unspecified atom stereocenters. The van der Waals surface area contributed by atoms with E-state index in [1.807, 2.05) is 36.4 Å². The van der Waals surface area contributed by atoms with Crippen LogP contribution in [0.5, 0.6) is 0 Å². The molecule has 0 saturated carbocycles. The van der Waals surface area contributed by atoms with Gasteiger partial charge in [-0.25, -0.2) is 13.4 Å². The molecule has 1 N–H and O–H groups in total. The second-order valence-corrected chi connectivity index (χ2v) is 10.4. The van der Waals surface area contributed by atoms with Gasteiger partial charge in [0.1, 0.15) is 10.0 Å². The molecule has 33 heavy (non-hydrogen) atoms. The number of rotatable bonds is 7. The molecule has 1 aliphatic rings. The van der Waals surface area contributed by atoms with Gasteiger partial charge >= 0.3 is 0 Å². The van der Waals surface area contributed by atoms with Crippen molar-refractivity contribution in [3.05, 3.63) is 95.3 Å². The van der Waals surface area contributed by atoms with Crippen molar-refractivity contribution >= 4 is 27.5 Å². The molecule has 0 bridgehead atoms. The number of piperidine rings is 1. The summed E-state index contributed by atoms with van der Waals surface area (Å²) >= 11 is 6.00. The fourth-order valence-electron chi connectivity index (χ4n) is 4.21. The van der Waals surface area contributed by atoms with E-state index in [2.05, 4.69) is 34.6 Å². The fourth-order valence-corrected chi connectivity index (χ4v) is 6.10. The van der Waals surface area contributed by atoms with Crippen molar-refractivity contribution in [2.45, 2.75) is 23.7 Å². The molecule has 1 saturated heterocycles. The van der Waals surface area contributed by atoms with E-state index in [0.717, 1.165) is 11.1 Å². The number of pyridine rings is 1. The second kappa shape index (κ2) is 10.5. The molecule has 8 heteroatoms. The molecule has 2 heterocycles. The van der Waals surface area contributed by atoms with Crippen LogP contribution in [0.1, 0.15) is 29.9 Å². The zero-order chi connectivity index (χ0) is 23.3. The van der Waals surface area contributed by atoms with E-state index in [1.165, 1.54) is 16.6 Å². The Morgan fingerprint density at radius 3 is 2.09 bits per heavy atom. The molecule has 1 aliphatic heterocycles. The molecule has 0 spiro atoms. The molecule has 0 aliphatic carbocycles. The van der Waals surface area contributed by atoms with E-state index in [9.17, 15) is 13.2 Å². The van der Waals surface area contributed by atoms with Crippen LogP contribution in [-0.4, -0.2) is 43.2 Å². The van der Waals surface area contributed by atoms with Crippen molar-refractivity contribution in [3.8, 4) is 0 Å². The molecule has 0 radical (unpaired) electrons. The SMILES string of the molecule is O=C(NCC(c1ccccc1)c1ccccc1)C1CCN(S(=O)(=O)c2cccnc2Cl)CC1. The van der Waals surface area contributed by atoms with Crippen LogP contribution < -0.4 is 5.32 Å². The highest BCUT2D eigenvalue weighted by Crippen LogP contribution is 2.28. The number of nitrogens with one attached hydrogen (secondary N) is 1. The highest BCUT2D eigenvalue weighted by atomic mass is 35.5. The average Bonchev–Trinajstić information content (AvgIpc) is 2.85. The van der Waals surface area contributed by atoms with Gasteiger partial charge < -0.3 is 5.32 Å². The van der Waals surface area contributed by atoms with Gasteiger partial charge in [0, 0.05) is 37.7 Å². The molecule has 4 rings (SSSR count). The first-order valence-electron chi connectivity index (χ1n) is 10.9. The van der Waals surface area contributed by atoms with Gasteiger partial charge in [-0.3, -0.25) is 4.79 Å². The number of benzene rings is 2. The van der Waals surface area contributed by atoms with Crippen LogP contribution in [-0.2, 0) is 14.8 Å². The van der Waals surface area contributed by atoms with Gasteiger partial charge in [0.2, 0.25) is 15.9 Å². The largest absolute Gasteiger partial charge is 0.355 e. The number of hydrogen-bond acceptors (Lipinski definition) is 4. The number of aromatic nitrogens is 1. The number of nitrogens with zero attached hydrogens (tertiary/aromatic N) is 2. The first-order chi connectivity index (χ1) is 16.0. The van der Waals surface area contributed by atoms with Gasteiger partial charge in [-0.2, -0.15) is 4.31 Å². The fraction of sp³-hybridized carbons (Fsp3) is 0.280. The minimum absolute atomic E-state index is 0.00290. The Morgan fingerprint density at radius 1 is 0.970 bits per heavy atom. The first-order valence-corrected chi connectivity index (χ1v) is 12.8. The zero-order valence-corrected chi connectivity index (χ0v) is 19.7. The predicted octanol–water partition coefficient (Wildman–Crippen LogP) is 4.08. The number of halogens is 1. The lowest BCUT2D eigenvalue weighted by Crippen LogP contribution is -2.43. The molecule has 6 nitrogen and oxygen atoms in total. The summed E-state index contributed by atoms with van der Waals surface area (Å²) in [5.74, 6) is -0.221. The van der Waals surface area contributed by atoms with E-state index in [4.69, 9.17) is 11.6 Å². The molecule has 1 fully saturated rings. The third-order valence-corrected chi connectivity index (χ3v) is 8.40. The van der Waals surface area contributed by atoms with E-state index >= 15 is 0 Å². The van der Waals surface area contributed by atoms with Crippen molar-refractivity contribution in [1.82, 2.24) is 14.6 Å². The van der Waals surface area contributed by atoms with Gasteiger partial charge in [-0.05, 0) is 36.1 Å². The van der Waals surface area contributed by atoms with Crippen molar-refractivity contribution < 1.29 is 13.2 Å². The lowest BCUT2D eigenvalue weighted by Gasteiger charge is -2.31. The highest BCUT2D eigenvalue weighted by Gasteiger charge is 2.33. The normalized spacial score (nSPS) is 15.5. The molecule has 2 aromatic carbocycles. The van der Waals surface area contributed by atoms with Crippen molar-refractivity contribution in [3.63, 3.8) is 0 Å². The van der Waals surface area contributed by atoms with Gasteiger partial charge in [-0.15, -0.1) is 0 Å². The Labute approximate surface area is 199 Å². The monoisotopic (exact) mass is 483 g/mol. The predicted molar refractivity (Wildman–Crippen MR) is 128 cm³/mol. The molecular weight excluding hydrogens is 458 g/mol. The van der Waals surface area contributed by atoms with Crippen LogP contribution in [0.3, 0.4) is 0 Å². The molecule has 3 aromatic rings. The number of carbonyl (C=O) groups excluding carboxylic acids is 1. The lowest BCUT2D eigenvalue weighted by molar-refractivity contribution is -0.126. The number of hydrogen-bond donors (Lipinski definition) is 1. The zero-order valence-electron chi connectivity index (χ0n) is 18.1. The topological polar surface area (TPSA) is 79.4 Å². The van der Waals surface area contributed by atoms with Crippen LogP contribution in [0.2, 0.25) is 5.15 Å². The number of amides is 1. The molecule has 1 amide bonds. The third-order valence-electron chi connectivity index (χ3n) is 6.05. The van der Waals surface area contributed by atoms with E-state index < -0.39 is 10.0 Å². The van der Waals surface area contributed by atoms with Crippen molar-refractivity contribution in [2.24, 2.45) is 5.92 Å². The summed E-state index contributed by atoms with van der Waals surface area (Å²) in [5.41, 5.74) is 2.27. The van der Waals surface area contributed by atoms with Gasteiger partial charge in [0.15, 0.2) is 0 Å². The summed E-state index contributed by atoms with van der Waals surface area (Å²) in [6.07, 6.45) is 2.38. The Morgan fingerprint density at radius 2 is 1.55 bits per heavy atom. The van der Waals surface area contributed by atoms with Gasteiger partial charge in [0.05, 0.1) is 0 Å². The van der Waals surface area contributed by atoms with Crippen LogP contribution in [0.15, 0.2) is 83.9 Å². The Kier molecular flexibility index (Phi) is 7.42. The van der Waals surface area contributed by atoms with Crippen LogP contribution in [0.4, 0.5) is 0 Å². The molecular formula is C25H26ClN3O3S. The number of carbonyl (C=O) groups is 1. The maximum absolute atomic E-state index is 12.9. The highest BCUT2D eigenvalue weighted by molar-refractivity contribution is 7.89.